The Balaban J connectivity index is 1.56. The van der Waals surface area contributed by atoms with Crippen molar-refractivity contribution >= 4 is 15.9 Å². The molecule has 4 aliphatic rings. The monoisotopic (exact) mass is 566 g/mol. The summed E-state index contributed by atoms with van der Waals surface area (Å²) < 4.78 is 136. The Morgan fingerprint density at radius 3 is 2.22 bits per heavy atom. The molecule has 37 heavy (non-hydrogen) atoms. The van der Waals surface area contributed by atoms with E-state index in [1.54, 1.807) is 6.08 Å². The highest BCUT2D eigenvalue weighted by Crippen LogP contribution is 2.63. The van der Waals surface area contributed by atoms with Crippen molar-refractivity contribution < 1.29 is 57.3 Å². The number of alkyl halides is 8. The van der Waals surface area contributed by atoms with Crippen molar-refractivity contribution in [2.45, 2.75) is 82.7 Å². The standard InChI is InChI=1S/C23H26F8O5S/c1-19-9-7-13(35-37(33,34)23(30,31)22(28,29)36-21(26,27)18(24)25)11-12(19)3-4-14-15-5-6-17(32)20(15,2)10-8-16(14)19/h3,11,14-16,18H,4-10H2,1-2H3/t14-,15-,16-,19-,20-/m0/s1. The second-order valence-electron chi connectivity index (χ2n) is 10.8. The molecule has 0 aliphatic heterocycles. The van der Waals surface area contributed by atoms with E-state index in [-0.39, 0.29) is 36.4 Å². The average Bonchev–Trinajstić information content (AvgIpc) is 3.07. The van der Waals surface area contributed by atoms with Crippen LogP contribution in [0.4, 0.5) is 35.1 Å². The van der Waals surface area contributed by atoms with Crippen molar-refractivity contribution in [1.82, 2.24) is 0 Å². The molecule has 0 aromatic heterocycles. The third-order valence-electron chi connectivity index (χ3n) is 8.83. The lowest BCUT2D eigenvalue weighted by molar-refractivity contribution is -0.435. The molecule has 0 N–H and O–H groups in total. The molecular formula is C23H26F8O5S. The molecule has 0 heterocycles. The number of allylic oxidation sites excluding steroid dienone is 4. The summed E-state index contributed by atoms with van der Waals surface area (Å²) in [4.78, 5) is 12.5. The first-order valence-electron chi connectivity index (χ1n) is 11.8. The highest BCUT2D eigenvalue weighted by Gasteiger charge is 2.73. The van der Waals surface area contributed by atoms with E-state index in [1.165, 1.54) is 0 Å². The van der Waals surface area contributed by atoms with Crippen molar-refractivity contribution in [3.05, 3.63) is 23.5 Å². The minimum atomic E-state index is -6.64. The predicted octanol–water partition coefficient (Wildman–Crippen LogP) is 6.42. The summed E-state index contributed by atoms with van der Waals surface area (Å²) in [6.07, 6.45) is -11.3. The molecule has 0 saturated heterocycles. The topological polar surface area (TPSA) is 69.7 Å². The number of fused-ring (bicyclic) bond motifs is 5. The SMILES string of the molecule is C[C@]12CCC(OS(=O)(=O)C(F)(F)C(F)(F)OC(F)(F)C(F)F)=CC1=CC[C@@H]1[C@@H]2CC[C@]2(C)C(=O)CC[C@@H]12. The van der Waals surface area contributed by atoms with Crippen LogP contribution in [0, 0.1) is 28.6 Å². The third kappa shape index (κ3) is 4.29. The minimum Gasteiger partial charge on any atom is -0.382 e. The largest absolute Gasteiger partial charge is 0.471 e. The van der Waals surface area contributed by atoms with Crippen LogP contribution in [-0.4, -0.2) is 38.1 Å². The predicted molar refractivity (Wildman–Crippen MR) is 112 cm³/mol. The maximum absolute atomic E-state index is 14.1. The molecule has 0 aromatic rings. The van der Waals surface area contributed by atoms with Crippen molar-refractivity contribution in [3.8, 4) is 0 Å². The molecular weight excluding hydrogens is 540 g/mol. The van der Waals surface area contributed by atoms with Gasteiger partial charge in [0.05, 0.1) is 0 Å². The number of rotatable bonds is 7. The molecule has 2 saturated carbocycles. The quantitative estimate of drug-likeness (QED) is 0.263. The smallest absolute Gasteiger partial charge is 0.382 e. The molecule has 4 aliphatic carbocycles. The molecule has 0 amide bonds. The molecule has 0 radical (unpaired) electrons. The Morgan fingerprint density at radius 1 is 0.973 bits per heavy atom. The number of hydrogen-bond donors (Lipinski definition) is 0. The summed E-state index contributed by atoms with van der Waals surface area (Å²) in [5.74, 6) is 0.114. The number of halogens is 8. The van der Waals surface area contributed by atoms with Crippen molar-refractivity contribution in [2.75, 3.05) is 0 Å². The number of carbonyl (C=O) groups is 1. The first-order chi connectivity index (χ1) is 16.8. The summed E-state index contributed by atoms with van der Waals surface area (Å²) in [5, 5.41) is -6.41. The molecule has 0 spiro atoms. The first-order valence-corrected chi connectivity index (χ1v) is 13.2. The Kier molecular flexibility index (Phi) is 6.62. The van der Waals surface area contributed by atoms with Crippen LogP contribution in [0.3, 0.4) is 0 Å². The Bertz CT molecular complexity index is 1130. The van der Waals surface area contributed by atoms with Crippen LogP contribution in [0.15, 0.2) is 23.5 Å². The van der Waals surface area contributed by atoms with E-state index < -0.39 is 50.6 Å². The Labute approximate surface area is 208 Å². The van der Waals surface area contributed by atoms with Gasteiger partial charge in [0.25, 0.3) is 0 Å². The molecule has 0 bridgehead atoms. The van der Waals surface area contributed by atoms with E-state index in [1.807, 2.05) is 13.8 Å². The van der Waals surface area contributed by atoms with E-state index in [2.05, 4.69) is 8.92 Å². The van der Waals surface area contributed by atoms with Gasteiger partial charge in [0.15, 0.2) is 0 Å². The summed E-state index contributed by atoms with van der Waals surface area (Å²) in [5.41, 5.74) is -0.342. The molecule has 14 heteroatoms. The zero-order chi connectivity index (χ0) is 27.8. The lowest BCUT2D eigenvalue weighted by Gasteiger charge is -2.55. The minimum absolute atomic E-state index is 0.113. The maximum Gasteiger partial charge on any atom is 0.471 e. The lowest BCUT2D eigenvalue weighted by atomic mass is 9.49. The van der Waals surface area contributed by atoms with Crippen molar-refractivity contribution in [3.63, 3.8) is 0 Å². The zero-order valence-electron chi connectivity index (χ0n) is 19.9. The molecule has 5 nitrogen and oxygen atoms in total. The van der Waals surface area contributed by atoms with Crippen LogP contribution >= 0.6 is 0 Å². The zero-order valence-corrected chi connectivity index (χ0v) is 20.7. The van der Waals surface area contributed by atoms with Gasteiger partial charge in [-0.1, -0.05) is 19.9 Å². The van der Waals surface area contributed by atoms with E-state index in [4.69, 9.17) is 0 Å². The summed E-state index contributed by atoms with van der Waals surface area (Å²) in [7, 11) is -6.64. The number of hydrogen-bond acceptors (Lipinski definition) is 5. The maximum atomic E-state index is 14.1. The van der Waals surface area contributed by atoms with Crippen molar-refractivity contribution in [2.24, 2.45) is 28.6 Å². The van der Waals surface area contributed by atoms with Crippen LogP contribution in [0.2, 0.25) is 0 Å². The van der Waals surface area contributed by atoms with E-state index in [9.17, 15) is 48.3 Å². The van der Waals surface area contributed by atoms with E-state index in [0.717, 1.165) is 18.9 Å². The van der Waals surface area contributed by atoms with E-state index in [0.29, 0.717) is 24.8 Å². The third-order valence-corrected chi connectivity index (χ3v) is 10.1. The van der Waals surface area contributed by atoms with Crippen LogP contribution < -0.4 is 0 Å². The van der Waals surface area contributed by atoms with Crippen LogP contribution in [0.1, 0.15) is 58.8 Å². The highest BCUT2D eigenvalue weighted by molar-refractivity contribution is 7.88. The number of ketones is 1. The van der Waals surface area contributed by atoms with Crippen LogP contribution in [0.25, 0.3) is 0 Å². The van der Waals surface area contributed by atoms with Gasteiger partial charge in [-0.15, -0.1) is 0 Å². The van der Waals surface area contributed by atoms with Gasteiger partial charge in [0.2, 0.25) is 0 Å². The van der Waals surface area contributed by atoms with Crippen molar-refractivity contribution in [1.29, 1.82) is 0 Å². The van der Waals surface area contributed by atoms with Gasteiger partial charge in [-0.2, -0.15) is 34.8 Å². The lowest BCUT2D eigenvalue weighted by Crippen LogP contribution is -2.53. The highest BCUT2D eigenvalue weighted by atomic mass is 32.2. The molecule has 2 fully saturated rings. The number of Topliss-reactive ketones (excluding diaryl/α,β-unsaturated/α-hetero) is 1. The normalized spacial score (nSPS) is 34.9. The van der Waals surface area contributed by atoms with Crippen LogP contribution in [-0.2, 0) is 23.8 Å². The fourth-order valence-electron chi connectivity index (χ4n) is 6.75. The Morgan fingerprint density at radius 2 is 1.59 bits per heavy atom. The Hall–Kier alpha value is -1.70. The molecule has 0 aromatic carbocycles. The molecule has 4 rings (SSSR count). The summed E-state index contributed by atoms with van der Waals surface area (Å²) in [6.45, 7) is 3.92. The van der Waals surface area contributed by atoms with Crippen LogP contribution in [0.5, 0.6) is 0 Å². The fraction of sp³-hybridized carbons (Fsp3) is 0.783. The first kappa shape index (κ1) is 28.3. The van der Waals surface area contributed by atoms with Gasteiger partial charge in [0, 0.05) is 18.3 Å². The average molecular weight is 567 g/mol. The molecule has 0 unspecified atom stereocenters. The molecule has 5 atom stereocenters. The van der Waals surface area contributed by atoms with Gasteiger partial charge in [-0.3, -0.25) is 4.79 Å². The second kappa shape index (κ2) is 8.65. The molecule has 210 valence electrons. The van der Waals surface area contributed by atoms with Gasteiger partial charge in [-0.05, 0) is 66.9 Å². The van der Waals surface area contributed by atoms with Gasteiger partial charge < -0.3 is 4.18 Å². The van der Waals surface area contributed by atoms with Gasteiger partial charge in [0.1, 0.15) is 11.5 Å². The van der Waals surface area contributed by atoms with Gasteiger partial charge in [-0.25, -0.2) is 13.5 Å². The summed E-state index contributed by atoms with van der Waals surface area (Å²) in [6, 6.07) is 0. The number of ether oxygens (including phenoxy) is 1. The van der Waals surface area contributed by atoms with E-state index >= 15 is 0 Å². The summed E-state index contributed by atoms with van der Waals surface area (Å²) >= 11 is 0. The second-order valence-corrected chi connectivity index (χ2v) is 12.3. The number of carbonyl (C=O) groups excluding carboxylic acids is 1. The fourth-order valence-corrected chi connectivity index (χ4v) is 7.60. The van der Waals surface area contributed by atoms with Gasteiger partial charge >= 0.3 is 34.0 Å².